The maximum absolute atomic E-state index is 5.49. The number of rotatable bonds is 3. The third kappa shape index (κ3) is 3.03. The Morgan fingerprint density at radius 2 is 1.67 bits per heavy atom. The SMILES string of the molecule is Ic1ccc(-[n+]2nc(-c3ccc4c(c3)OCO4)nn2-c2ccccc2)cc1. The molecule has 5 rings (SSSR count). The molecule has 0 saturated carbocycles. The molecule has 7 heteroatoms. The number of hydrogen-bond acceptors (Lipinski definition) is 4. The van der Waals surface area contributed by atoms with Crippen molar-refractivity contribution < 1.29 is 14.3 Å². The molecule has 0 amide bonds. The quantitative estimate of drug-likeness (QED) is 0.340. The Hall–Kier alpha value is -2.94. The predicted molar refractivity (Wildman–Crippen MR) is 107 cm³/mol. The average Bonchev–Trinajstić information content (AvgIpc) is 3.36. The zero-order valence-electron chi connectivity index (χ0n) is 14.1. The standard InChI is InChI=1S/C20H14IN4O2/c21-15-7-9-17(10-8-15)25-23-20(22-24(25)16-4-2-1-3-5-16)14-6-11-18-19(12-14)27-13-26-18/h1-12H,13H2/q+1. The molecule has 6 nitrogen and oxygen atoms in total. The van der Waals surface area contributed by atoms with E-state index in [1.54, 1.807) is 9.59 Å². The number of ether oxygens (including phenoxy) is 2. The third-order valence-corrected chi connectivity index (χ3v) is 4.95. The molecule has 132 valence electrons. The summed E-state index contributed by atoms with van der Waals surface area (Å²) in [5.41, 5.74) is 2.72. The second-order valence-electron chi connectivity index (χ2n) is 5.98. The highest BCUT2D eigenvalue weighted by atomic mass is 127. The van der Waals surface area contributed by atoms with E-state index in [2.05, 4.69) is 22.6 Å². The van der Waals surface area contributed by atoms with Gasteiger partial charge in [-0.1, -0.05) is 18.2 Å². The van der Waals surface area contributed by atoms with Gasteiger partial charge in [-0.2, -0.15) is 0 Å². The van der Waals surface area contributed by atoms with E-state index in [-0.39, 0.29) is 6.79 Å². The van der Waals surface area contributed by atoms with Crippen LogP contribution in [0.3, 0.4) is 0 Å². The maximum atomic E-state index is 5.49. The van der Waals surface area contributed by atoms with Crippen molar-refractivity contribution in [1.82, 2.24) is 15.0 Å². The number of halogens is 1. The van der Waals surface area contributed by atoms with Crippen molar-refractivity contribution in [2.45, 2.75) is 0 Å². The van der Waals surface area contributed by atoms with E-state index in [1.165, 1.54) is 3.57 Å². The fourth-order valence-corrected chi connectivity index (χ4v) is 3.26. The van der Waals surface area contributed by atoms with Crippen molar-refractivity contribution in [1.29, 1.82) is 0 Å². The Bertz CT molecular complexity index is 1110. The number of fused-ring (bicyclic) bond motifs is 1. The summed E-state index contributed by atoms with van der Waals surface area (Å²) in [4.78, 5) is 3.59. The number of tetrazole rings is 1. The van der Waals surface area contributed by atoms with Gasteiger partial charge in [-0.3, -0.25) is 0 Å². The summed E-state index contributed by atoms with van der Waals surface area (Å²) in [6.45, 7) is 0.243. The van der Waals surface area contributed by atoms with Gasteiger partial charge in [-0.05, 0) is 87.1 Å². The second-order valence-corrected chi connectivity index (χ2v) is 7.23. The average molecular weight is 469 g/mol. The van der Waals surface area contributed by atoms with Gasteiger partial charge in [0.05, 0.1) is 10.7 Å². The molecule has 0 spiro atoms. The molecule has 2 heterocycles. The number of nitrogens with zero attached hydrogens (tertiary/aromatic N) is 4. The third-order valence-electron chi connectivity index (χ3n) is 4.23. The zero-order chi connectivity index (χ0) is 18.2. The van der Waals surface area contributed by atoms with Gasteiger partial charge in [0.15, 0.2) is 17.2 Å². The molecule has 0 saturated heterocycles. The lowest BCUT2D eigenvalue weighted by atomic mass is 10.2. The number of benzene rings is 3. The van der Waals surface area contributed by atoms with Gasteiger partial charge in [0, 0.05) is 8.37 Å². The molecular formula is C20H14IN4O2+. The molecule has 0 aliphatic carbocycles. The first kappa shape index (κ1) is 16.2. The molecule has 0 unspecified atom stereocenters. The molecule has 4 aromatic rings. The van der Waals surface area contributed by atoms with E-state index < -0.39 is 0 Å². The normalized spacial score (nSPS) is 12.3. The molecule has 0 fully saturated rings. The summed E-state index contributed by atoms with van der Waals surface area (Å²) < 4.78 is 12.0. The van der Waals surface area contributed by atoms with Crippen molar-refractivity contribution in [3.05, 3.63) is 76.4 Å². The molecule has 0 atom stereocenters. The Labute approximate surface area is 169 Å². The van der Waals surface area contributed by atoms with Crippen LogP contribution in [0.2, 0.25) is 0 Å². The van der Waals surface area contributed by atoms with Crippen molar-refractivity contribution in [3.63, 3.8) is 0 Å². The molecule has 1 aromatic heterocycles. The Morgan fingerprint density at radius 1 is 0.889 bits per heavy atom. The lowest BCUT2D eigenvalue weighted by Crippen LogP contribution is -2.43. The minimum atomic E-state index is 0.243. The molecule has 1 aliphatic rings. The summed E-state index contributed by atoms with van der Waals surface area (Å²) in [6, 6.07) is 23.8. The zero-order valence-corrected chi connectivity index (χ0v) is 16.3. The Balaban J connectivity index is 1.66. The van der Waals surface area contributed by atoms with Gasteiger partial charge in [0.25, 0.3) is 0 Å². The first-order valence-corrected chi connectivity index (χ1v) is 9.47. The summed E-state index contributed by atoms with van der Waals surface area (Å²) in [5.74, 6) is 2.06. The van der Waals surface area contributed by atoms with E-state index in [0.29, 0.717) is 11.6 Å². The first-order chi connectivity index (χ1) is 13.3. The van der Waals surface area contributed by atoms with Crippen LogP contribution in [0.4, 0.5) is 0 Å². The smallest absolute Gasteiger partial charge is 0.340 e. The molecule has 1 aliphatic heterocycles. The second kappa shape index (κ2) is 6.66. The van der Waals surface area contributed by atoms with E-state index in [4.69, 9.17) is 19.7 Å². The van der Waals surface area contributed by atoms with Crippen LogP contribution in [0.5, 0.6) is 11.5 Å². The first-order valence-electron chi connectivity index (χ1n) is 8.39. The molecule has 0 N–H and O–H groups in total. The highest BCUT2D eigenvalue weighted by Gasteiger charge is 2.25. The number of aromatic nitrogens is 4. The lowest BCUT2D eigenvalue weighted by molar-refractivity contribution is -0.734. The van der Waals surface area contributed by atoms with Crippen LogP contribution in [-0.2, 0) is 0 Å². The Morgan fingerprint density at radius 3 is 2.48 bits per heavy atom. The largest absolute Gasteiger partial charge is 0.454 e. The van der Waals surface area contributed by atoms with E-state index >= 15 is 0 Å². The van der Waals surface area contributed by atoms with Crippen LogP contribution < -0.4 is 14.3 Å². The monoisotopic (exact) mass is 469 g/mol. The summed E-state index contributed by atoms with van der Waals surface area (Å²) >= 11 is 2.29. The number of para-hydroxylation sites is 1. The lowest BCUT2D eigenvalue weighted by Gasteiger charge is -1.99. The van der Waals surface area contributed by atoms with Gasteiger partial charge in [-0.25, -0.2) is 0 Å². The van der Waals surface area contributed by atoms with E-state index in [9.17, 15) is 0 Å². The maximum Gasteiger partial charge on any atom is 0.340 e. The van der Waals surface area contributed by atoms with Gasteiger partial charge < -0.3 is 9.47 Å². The van der Waals surface area contributed by atoms with E-state index in [0.717, 1.165) is 22.7 Å². The van der Waals surface area contributed by atoms with Crippen molar-refractivity contribution in [2.24, 2.45) is 0 Å². The number of hydrogen-bond donors (Lipinski definition) is 0. The van der Waals surface area contributed by atoms with Gasteiger partial charge in [0.2, 0.25) is 6.79 Å². The van der Waals surface area contributed by atoms with Gasteiger partial charge in [-0.15, -0.1) is 0 Å². The van der Waals surface area contributed by atoms with Crippen LogP contribution in [0.1, 0.15) is 0 Å². The van der Waals surface area contributed by atoms with Crippen LogP contribution in [0, 0.1) is 3.57 Å². The summed E-state index contributed by atoms with van der Waals surface area (Å²) in [5, 5.41) is 9.50. The summed E-state index contributed by atoms with van der Waals surface area (Å²) in [6.07, 6.45) is 0. The fourth-order valence-electron chi connectivity index (χ4n) is 2.91. The van der Waals surface area contributed by atoms with Gasteiger partial charge in [0.1, 0.15) is 5.69 Å². The summed E-state index contributed by atoms with van der Waals surface area (Å²) in [7, 11) is 0. The van der Waals surface area contributed by atoms with Crippen LogP contribution in [0.25, 0.3) is 22.8 Å². The van der Waals surface area contributed by atoms with Gasteiger partial charge >= 0.3 is 5.82 Å². The highest BCUT2D eigenvalue weighted by molar-refractivity contribution is 14.1. The van der Waals surface area contributed by atoms with Crippen LogP contribution >= 0.6 is 22.6 Å². The Kier molecular flexibility index (Phi) is 4.01. The minimum Gasteiger partial charge on any atom is -0.454 e. The topological polar surface area (TPSA) is 53.1 Å². The highest BCUT2D eigenvalue weighted by Crippen LogP contribution is 2.34. The fraction of sp³-hybridized carbons (Fsp3) is 0.0500. The van der Waals surface area contributed by atoms with Crippen molar-refractivity contribution >= 4 is 22.6 Å². The van der Waals surface area contributed by atoms with Crippen LogP contribution in [-0.4, -0.2) is 21.8 Å². The molecule has 3 aromatic carbocycles. The van der Waals surface area contributed by atoms with Crippen molar-refractivity contribution in [3.8, 4) is 34.3 Å². The molecule has 27 heavy (non-hydrogen) atoms. The molecule has 0 radical (unpaired) electrons. The van der Waals surface area contributed by atoms with Crippen molar-refractivity contribution in [2.75, 3.05) is 6.79 Å². The molecule has 0 bridgehead atoms. The van der Waals surface area contributed by atoms with E-state index in [1.807, 2.05) is 72.8 Å². The minimum absolute atomic E-state index is 0.243. The van der Waals surface area contributed by atoms with Crippen LogP contribution in [0.15, 0.2) is 72.8 Å². The molecular weight excluding hydrogens is 455 g/mol. The predicted octanol–water partition coefficient (Wildman–Crippen LogP) is 3.54.